The molecule has 0 radical (unpaired) electrons. The van der Waals surface area contributed by atoms with E-state index < -0.39 is 11.9 Å². The number of fused-ring (bicyclic) bond motifs is 1. The van der Waals surface area contributed by atoms with Gasteiger partial charge >= 0.3 is 6.18 Å². The predicted octanol–water partition coefficient (Wildman–Crippen LogP) is 2.87. The minimum absolute atomic E-state index is 0.173. The quantitative estimate of drug-likeness (QED) is 0.865. The number of aryl methyl sites for hydroxylation is 1. The van der Waals surface area contributed by atoms with Gasteiger partial charge in [-0.1, -0.05) is 0 Å². The van der Waals surface area contributed by atoms with Gasteiger partial charge in [-0.15, -0.1) is 0 Å². The summed E-state index contributed by atoms with van der Waals surface area (Å²) in [7, 11) is 1.84. The van der Waals surface area contributed by atoms with Gasteiger partial charge in [-0.2, -0.15) is 18.4 Å². The minimum atomic E-state index is -4.41. The Balaban J connectivity index is 1.72. The maximum absolute atomic E-state index is 12.8. The molecule has 0 N–H and O–H groups in total. The van der Waals surface area contributed by atoms with Gasteiger partial charge in [-0.25, -0.2) is 9.97 Å². The number of anilines is 1. The first kappa shape index (κ1) is 16.3. The van der Waals surface area contributed by atoms with Gasteiger partial charge in [0.25, 0.3) is 0 Å². The zero-order valence-electron chi connectivity index (χ0n) is 13.1. The Labute approximate surface area is 137 Å². The van der Waals surface area contributed by atoms with Crippen LogP contribution in [0.3, 0.4) is 0 Å². The van der Waals surface area contributed by atoms with Gasteiger partial charge in [0.15, 0.2) is 5.69 Å². The molecule has 5 nitrogen and oxygen atoms in total. The number of rotatable bonds is 3. The zero-order valence-corrected chi connectivity index (χ0v) is 13.1. The van der Waals surface area contributed by atoms with Gasteiger partial charge < -0.3 is 9.47 Å². The van der Waals surface area contributed by atoms with E-state index in [0.29, 0.717) is 36.7 Å². The van der Waals surface area contributed by atoms with Crippen molar-refractivity contribution in [1.82, 2.24) is 14.5 Å². The highest BCUT2D eigenvalue weighted by Gasteiger charge is 2.35. The van der Waals surface area contributed by atoms with Crippen molar-refractivity contribution in [2.75, 3.05) is 18.5 Å². The van der Waals surface area contributed by atoms with Crippen LogP contribution in [0.4, 0.5) is 19.0 Å². The molecule has 0 fully saturated rings. The summed E-state index contributed by atoms with van der Waals surface area (Å²) in [6, 6.07) is 5.50. The van der Waals surface area contributed by atoms with Crippen LogP contribution in [0.5, 0.6) is 0 Å². The molecule has 3 heterocycles. The smallest absolute Gasteiger partial charge is 0.358 e. The Kier molecular flexibility index (Phi) is 4.18. The lowest BCUT2D eigenvalue weighted by Crippen LogP contribution is -2.32. The molecule has 1 aliphatic rings. The lowest BCUT2D eigenvalue weighted by atomic mass is 9.99. The molecule has 1 aliphatic heterocycles. The van der Waals surface area contributed by atoms with Crippen LogP contribution < -0.4 is 4.90 Å². The highest BCUT2D eigenvalue weighted by atomic mass is 19.4. The number of halogens is 3. The Morgan fingerprint density at radius 3 is 2.96 bits per heavy atom. The number of nitriles is 1. The van der Waals surface area contributed by atoms with Crippen LogP contribution in [0.15, 0.2) is 24.5 Å². The summed E-state index contributed by atoms with van der Waals surface area (Å²) >= 11 is 0. The molecule has 0 aliphatic carbocycles. The average Bonchev–Trinajstić information content (AvgIpc) is 2.98. The van der Waals surface area contributed by atoms with E-state index in [1.807, 2.05) is 11.9 Å². The van der Waals surface area contributed by atoms with Gasteiger partial charge in [0.1, 0.15) is 17.7 Å². The maximum Gasteiger partial charge on any atom is 0.434 e. The average molecular weight is 335 g/mol. The van der Waals surface area contributed by atoms with E-state index in [-0.39, 0.29) is 5.92 Å². The second kappa shape index (κ2) is 6.15. The van der Waals surface area contributed by atoms with Gasteiger partial charge in [-0.3, -0.25) is 0 Å². The number of pyridine rings is 1. The van der Waals surface area contributed by atoms with Crippen LogP contribution in [-0.2, 0) is 19.1 Å². The summed E-state index contributed by atoms with van der Waals surface area (Å²) in [5, 5.41) is 9.15. The minimum Gasteiger partial charge on any atom is -0.358 e. The van der Waals surface area contributed by atoms with Crippen LogP contribution in [0, 0.1) is 17.2 Å². The van der Waals surface area contributed by atoms with E-state index in [0.717, 1.165) is 12.6 Å². The summed E-state index contributed by atoms with van der Waals surface area (Å²) in [5.74, 6) is 1.25. The molecule has 0 aromatic carbocycles. The monoisotopic (exact) mass is 335 g/mol. The third kappa shape index (κ3) is 3.20. The topological polar surface area (TPSA) is 57.7 Å². The molecule has 0 saturated heterocycles. The van der Waals surface area contributed by atoms with Crippen molar-refractivity contribution < 1.29 is 13.2 Å². The molecular formula is C16H16F3N5. The predicted molar refractivity (Wildman–Crippen MR) is 81.3 cm³/mol. The van der Waals surface area contributed by atoms with E-state index in [1.54, 1.807) is 22.9 Å². The molecular weight excluding hydrogens is 319 g/mol. The summed E-state index contributed by atoms with van der Waals surface area (Å²) in [6.07, 6.45) is -0.429. The van der Waals surface area contributed by atoms with Crippen LogP contribution >= 0.6 is 0 Å². The van der Waals surface area contributed by atoms with E-state index in [4.69, 9.17) is 5.26 Å². The number of hydrogen-bond acceptors (Lipinski definition) is 4. The first-order valence-electron chi connectivity index (χ1n) is 7.58. The third-order valence-corrected chi connectivity index (χ3v) is 4.18. The van der Waals surface area contributed by atoms with Crippen molar-refractivity contribution in [1.29, 1.82) is 5.26 Å². The standard InChI is InChI=1S/C16H16F3N5/c1-23(15-12(7-20)3-2-6-21-15)8-11-4-5-14-22-13(16(17,18)19)10-24(14)9-11/h2-3,6,10-11H,4-5,8-9H2,1H3. The van der Waals surface area contributed by atoms with Crippen molar-refractivity contribution in [3.8, 4) is 6.07 Å². The highest BCUT2D eigenvalue weighted by molar-refractivity contribution is 5.52. The van der Waals surface area contributed by atoms with Crippen molar-refractivity contribution in [3.05, 3.63) is 41.6 Å². The maximum atomic E-state index is 12.8. The molecule has 2 aromatic rings. The molecule has 0 bridgehead atoms. The van der Waals surface area contributed by atoms with Crippen molar-refractivity contribution in [2.45, 2.75) is 25.6 Å². The van der Waals surface area contributed by atoms with E-state index >= 15 is 0 Å². The van der Waals surface area contributed by atoms with Crippen LogP contribution in [0.2, 0.25) is 0 Å². The number of alkyl halides is 3. The first-order valence-corrected chi connectivity index (χ1v) is 7.58. The van der Waals surface area contributed by atoms with E-state index in [2.05, 4.69) is 16.0 Å². The van der Waals surface area contributed by atoms with E-state index in [9.17, 15) is 13.2 Å². The molecule has 126 valence electrons. The molecule has 2 aromatic heterocycles. The summed E-state index contributed by atoms with van der Waals surface area (Å²) in [4.78, 5) is 9.81. The lowest BCUT2D eigenvalue weighted by molar-refractivity contribution is -0.141. The van der Waals surface area contributed by atoms with Crippen LogP contribution in [0.25, 0.3) is 0 Å². The normalized spacial score (nSPS) is 17.2. The SMILES string of the molecule is CN(CC1CCc2nc(C(F)(F)F)cn2C1)c1ncccc1C#N. The molecule has 0 spiro atoms. The zero-order chi connectivity index (χ0) is 17.3. The van der Waals surface area contributed by atoms with Crippen molar-refractivity contribution in [2.24, 2.45) is 5.92 Å². The fourth-order valence-electron chi connectivity index (χ4n) is 3.06. The van der Waals surface area contributed by atoms with Gasteiger partial charge in [-0.05, 0) is 24.5 Å². The number of hydrogen-bond donors (Lipinski definition) is 0. The third-order valence-electron chi connectivity index (χ3n) is 4.18. The molecule has 1 unspecified atom stereocenters. The summed E-state index contributed by atoms with van der Waals surface area (Å²) in [5.41, 5.74) is -0.346. The molecule has 24 heavy (non-hydrogen) atoms. The summed E-state index contributed by atoms with van der Waals surface area (Å²) in [6.45, 7) is 1.10. The van der Waals surface area contributed by atoms with Crippen molar-refractivity contribution in [3.63, 3.8) is 0 Å². The van der Waals surface area contributed by atoms with Crippen LogP contribution in [0.1, 0.15) is 23.5 Å². The summed E-state index contributed by atoms with van der Waals surface area (Å²) < 4.78 is 39.9. The molecule has 3 rings (SSSR count). The van der Waals surface area contributed by atoms with Crippen LogP contribution in [-0.4, -0.2) is 28.1 Å². The first-order chi connectivity index (χ1) is 11.4. The Hall–Kier alpha value is -2.56. The van der Waals surface area contributed by atoms with Gasteiger partial charge in [0.2, 0.25) is 0 Å². The highest BCUT2D eigenvalue weighted by Crippen LogP contribution is 2.31. The number of imidazole rings is 1. The fourth-order valence-corrected chi connectivity index (χ4v) is 3.06. The second-order valence-electron chi connectivity index (χ2n) is 5.96. The molecule has 0 amide bonds. The molecule has 1 atom stereocenters. The number of nitrogens with zero attached hydrogens (tertiary/aromatic N) is 5. The Bertz CT molecular complexity index is 775. The Morgan fingerprint density at radius 2 is 2.25 bits per heavy atom. The number of aromatic nitrogens is 3. The van der Waals surface area contributed by atoms with Gasteiger partial charge in [0.05, 0.1) is 5.56 Å². The lowest BCUT2D eigenvalue weighted by Gasteiger charge is -2.29. The second-order valence-corrected chi connectivity index (χ2v) is 5.96. The van der Waals surface area contributed by atoms with Crippen molar-refractivity contribution >= 4 is 5.82 Å². The fraction of sp³-hybridized carbons (Fsp3) is 0.438. The largest absolute Gasteiger partial charge is 0.434 e. The molecule has 0 saturated carbocycles. The molecule has 8 heteroatoms. The Morgan fingerprint density at radius 1 is 1.46 bits per heavy atom. The van der Waals surface area contributed by atoms with E-state index in [1.165, 1.54) is 0 Å². The van der Waals surface area contributed by atoms with Gasteiger partial charge in [0, 0.05) is 39.0 Å².